The van der Waals surface area contributed by atoms with Gasteiger partial charge in [-0.15, -0.1) is 11.8 Å². The van der Waals surface area contributed by atoms with Crippen molar-refractivity contribution in [2.45, 2.75) is 24.9 Å². The molecule has 1 aromatic heterocycles. The number of aliphatic carboxylic acids is 1. The highest BCUT2D eigenvalue weighted by Crippen LogP contribution is 2.31. The quantitative estimate of drug-likeness (QED) is 0.795. The second-order valence-electron chi connectivity index (χ2n) is 3.34. The maximum absolute atomic E-state index is 10.8. The van der Waals surface area contributed by atoms with Crippen LogP contribution < -0.4 is 5.32 Å². The molecule has 15 heavy (non-hydrogen) atoms. The number of rotatable bonds is 3. The molecule has 0 aromatic carbocycles. The van der Waals surface area contributed by atoms with E-state index in [9.17, 15) is 4.79 Å². The smallest absolute Gasteiger partial charge is 0.321 e. The monoisotopic (exact) mass is 227 g/mol. The molecule has 2 heterocycles. The first-order chi connectivity index (χ1) is 7.22. The van der Waals surface area contributed by atoms with Crippen LogP contribution in [0.5, 0.6) is 0 Å². The molecule has 0 bridgehead atoms. The summed E-state index contributed by atoms with van der Waals surface area (Å²) in [6.45, 7) is 2.89. The maximum Gasteiger partial charge on any atom is 0.321 e. The van der Waals surface area contributed by atoms with Crippen molar-refractivity contribution in [3.63, 3.8) is 0 Å². The van der Waals surface area contributed by atoms with Crippen LogP contribution in [0.25, 0.3) is 0 Å². The standard InChI is InChI=1S/C9H13N3O2S/c1-2-12-4-3-10-7(12)8-11-6(5-15-8)9(13)14/h3-4,6,8,11H,2,5H2,1H3,(H,13,14). The van der Waals surface area contributed by atoms with Gasteiger partial charge in [0.05, 0.1) is 0 Å². The molecule has 2 rings (SSSR count). The molecule has 1 saturated heterocycles. The van der Waals surface area contributed by atoms with Gasteiger partial charge in [0.1, 0.15) is 17.2 Å². The van der Waals surface area contributed by atoms with Gasteiger partial charge in [-0.05, 0) is 6.92 Å². The number of carboxylic acid groups (broad SMARTS) is 1. The topological polar surface area (TPSA) is 67.2 Å². The molecule has 0 amide bonds. The van der Waals surface area contributed by atoms with Crippen LogP contribution in [-0.4, -0.2) is 32.4 Å². The summed E-state index contributed by atoms with van der Waals surface area (Å²) in [6.07, 6.45) is 3.65. The third-order valence-electron chi connectivity index (χ3n) is 2.40. The summed E-state index contributed by atoms with van der Waals surface area (Å²) in [5.74, 6) is 0.710. The summed E-state index contributed by atoms with van der Waals surface area (Å²) in [4.78, 5) is 15.0. The van der Waals surface area contributed by atoms with Crippen molar-refractivity contribution < 1.29 is 9.90 Å². The Kier molecular flexibility index (Phi) is 2.97. The molecule has 1 aliphatic rings. The van der Waals surface area contributed by atoms with Gasteiger partial charge in [0.15, 0.2) is 0 Å². The largest absolute Gasteiger partial charge is 0.480 e. The molecule has 1 aliphatic heterocycles. The molecule has 0 saturated carbocycles. The van der Waals surface area contributed by atoms with Gasteiger partial charge in [-0.25, -0.2) is 4.98 Å². The Bertz CT molecular complexity index is 366. The predicted molar refractivity (Wildman–Crippen MR) is 57.7 cm³/mol. The van der Waals surface area contributed by atoms with Crippen molar-refractivity contribution in [1.82, 2.24) is 14.9 Å². The lowest BCUT2D eigenvalue weighted by Gasteiger charge is -2.11. The molecule has 2 atom stereocenters. The van der Waals surface area contributed by atoms with Gasteiger partial charge in [-0.2, -0.15) is 0 Å². The fraction of sp³-hybridized carbons (Fsp3) is 0.556. The van der Waals surface area contributed by atoms with Gasteiger partial charge in [0.25, 0.3) is 0 Å². The highest BCUT2D eigenvalue weighted by atomic mass is 32.2. The van der Waals surface area contributed by atoms with Gasteiger partial charge in [0.2, 0.25) is 0 Å². The molecule has 0 radical (unpaired) electrons. The number of carbonyl (C=O) groups is 1. The van der Waals surface area contributed by atoms with Crippen LogP contribution in [0.4, 0.5) is 0 Å². The lowest BCUT2D eigenvalue weighted by molar-refractivity contribution is -0.138. The molecule has 6 heteroatoms. The molecule has 1 aromatic rings. The molecular weight excluding hydrogens is 214 g/mol. The number of aromatic nitrogens is 2. The summed E-state index contributed by atoms with van der Waals surface area (Å²) in [7, 11) is 0. The van der Waals surface area contributed by atoms with Crippen LogP contribution >= 0.6 is 11.8 Å². The zero-order valence-electron chi connectivity index (χ0n) is 8.38. The van der Waals surface area contributed by atoms with Crippen molar-refractivity contribution in [2.24, 2.45) is 0 Å². The Hall–Kier alpha value is -1.01. The third-order valence-corrected chi connectivity index (χ3v) is 3.61. The molecule has 1 fully saturated rings. The second kappa shape index (κ2) is 4.24. The van der Waals surface area contributed by atoms with Crippen LogP contribution in [0.3, 0.4) is 0 Å². The van der Waals surface area contributed by atoms with Gasteiger partial charge in [-0.1, -0.05) is 0 Å². The number of nitrogens with zero attached hydrogens (tertiary/aromatic N) is 2. The van der Waals surface area contributed by atoms with Crippen molar-refractivity contribution >= 4 is 17.7 Å². The summed E-state index contributed by atoms with van der Waals surface area (Å²) in [5.41, 5.74) is 0. The summed E-state index contributed by atoms with van der Waals surface area (Å²) in [6, 6.07) is -0.456. The highest BCUT2D eigenvalue weighted by Gasteiger charge is 2.32. The Morgan fingerprint density at radius 3 is 3.27 bits per heavy atom. The number of thioether (sulfide) groups is 1. The fourth-order valence-corrected chi connectivity index (χ4v) is 2.82. The van der Waals surface area contributed by atoms with E-state index in [0.29, 0.717) is 5.75 Å². The molecule has 2 N–H and O–H groups in total. The van der Waals surface area contributed by atoms with E-state index >= 15 is 0 Å². The molecule has 2 unspecified atom stereocenters. The van der Waals surface area contributed by atoms with Crippen LogP contribution in [0, 0.1) is 0 Å². The van der Waals surface area contributed by atoms with E-state index in [1.807, 2.05) is 17.7 Å². The molecule has 82 valence electrons. The minimum atomic E-state index is -0.792. The van der Waals surface area contributed by atoms with E-state index in [1.165, 1.54) is 0 Å². The van der Waals surface area contributed by atoms with Crippen LogP contribution in [-0.2, 0) is 11.3 Å². The molecular formula is C9H13N3O2S. The normalized spacial score (nSPS) is 25.7. The van der Waals surface area contributed by atoms with Gasteiger partial charge < -0.3 is 9.67 Å². The summed E-state index contributed by atoms with van der Waals surface area (Å²) >= 11 is 1.59. The zero-order chi connectivity index (χ0) is 10.8. The number of aryl methyl sites for hydroxylation is 1. The number of carboxylic acids is 1. The first-order valence-electron chi connectivity index (χ1n) is 4.84. The van der Waals surface area contributed by atoms with Crippen molar-refractivity contribution in [3.05, 3.63) is 18.2 Å². The van der Waals surface area contributed by atoms with E-state index in [2.05, 4.69) is 10.3 Å². The van der Waals surface area contributed by atoms with Crippen LogP contribution in [0.15, 0.2) is 12.4 Å². The molecule has 5 nitrogen and oxygen atoms in total. The summed E-state index contributed by atoms with van der Waals surface area (Å²) < 4.78 is 2.02. The van der Waals surface area contributed by atoms with Gasteiger partial charge >= 0.3 is 5.97 Å². The van der Waals surface area contributed by atoms with E-state index in [4.69, 9.17) is 5.11 Å². The third kappa shape index (κ3) is 2.00. The van der Waals surface area contributed by atoms with E-state index in [1.54, 1.807) is 18.0 Å². The van der Waals surface area contributed by atoms with E-state index < -0.39 is 12.0 Å². The second-order valence-corrected chi connectivity index (χ2v) is 4.48. The van der Waals surface area contributed by atoms with Crippen LogP contribution in [0.1, 0.15) is 18.1 Å². The maximum atomic E-state index is 10.8. The number of hydrogen-bond acceptors (Lipinski definition) is 4. The molecule has 0 aliphatic carbocycles. The lowest BCUT2D eigenvalue weighted by atomic mass is 10.3. The number of nitrogens with one attached hydrogen (secondary N) is 1. The molecule has 0 spiro atoms. The minimum absolute atomic E-state index is 0.000972. The zero-order valence-corrected chi connectivity index (χ0v) is 9.20. The predicted octanol–water partition coefficient (Wildman–Crippen LogP) is 0.691. The van der Waals surface area contributed by atoms with Crippen LogP contribution in [0.2, 0.25) is 0 Å². The SMILES string of the molecule is CCn1ccnc1C1NC(C(=O)O)CS1. The summed E-state index contributed by atoms with van der Waals surface area (Å²) in [5, 5.41) is 11.9. The Morgan fingerprint density at radius 1 is 1.87 bits per heavy atom. The fourth-order valence-electron chi connectivity index (χ4n) is 1.59. The first-order valence-corrected chi connectivity index (χ1v) is 5.88. The average molecular weight is 227 g/mol. The van der Waals surface area contributed by atoms with Crippen molar-refractivity contribution in [2.75, 3.05) is 5.75 Å². The minimum Gasteiger partial charge on any atom is -0.480 e. The number of imidazole rings is 1. The highest BCUT2D eigenvalue weighted by molar-refractivity contribution is 7.99. The van der Waals surface area contributed by atoms with E-state index in [-0.39, 0.29) is 5.37 Å². The number of hydrogen-bond donors (Lipinski definition) is 2. The van der Waals surface area contributed by atoms with Gasteiger partial charge in [-0.3, -0.25) is 10.1 Å². The van der Waals surface area contributed by atoms with Gasteiger partial charge in [0, 0.05) is 24.7 Å². The Labute approximate surface area is 91.9 Å². The Morgan fingerprint density at radius 2 is 2.67 bits per heavy atom. The van der Waals surface area contributed by atoms with Crippen molar-refractivity contribution in [1.29, 1.82) is 0 Å². The first kappa shape index (κ1) is 10.5. The average Bonchev–Trinajstić information content (AvgIpc) is 2.85. The Balaban J connectivity index is 2.10. The van der Waals surface area contributed by atoms with Crippen molar-refractivity contribution in [3.8, 4) is 0 Å². The lowest BCUT2D eigenvalue weighted by Crippen LogP contribution is -2.34. The van der Waals surface area contributed by atoms with E-state index in [0.717, 1.165) is 12.4 Å².